The molecule has 2 rings (SSSR count). The van der Waals surface area contributed by atoms with E-state index in [9.17, 15) is 4.79 Å². The van der Waals surface area contributed by atoms with Crippen molar-refractivity contribution >= 4 is 5.91 Å². The third-order valence-corrected chi connectivity index (χ3v) is 3.47. The van der Waals surface area contributed by atoms with Gasteiger partial charge in [0.15, 0.2) is 0 Å². The number of benzene rings is 2. The Labute approximate surface area is 131 Å². The highest BCUT2D eigenvalue weighted by Gasteiger charge is 2.11. The summed E-state index contributed by atoms with van der Waals surface area (Å²) in [5.74, 6) is 0.828. The van der Waals surface area contributed by atoms with E-state index in [1.807, 2.05) is 61.5 Å². The van der Waals surface area contributed by atoms with E-state index in [2.05, 4.69) is 10.6 Å². The number of hydrogen-bond donors (Lipinski definition) is 2. The van der Waals surface area contributed by atoms with Crippen molar-refractivity contribution in [1.82, 2.24) is 10.6 Å². The number of methoxy groups -OCH3 is 1. The highest BCUT2D eigenvalue weighted by Crippen LogP contribution is 2.11. The minimum atomic E-state index is -0.245. The van der Waals surface area contributed by atoms with Crippen LogP contribution in [0.4, 0.5) is 0 Å². The average molecular weight is 298 g/mol. The highest BCUT2D eigenvalue weighted by molar-refractivity contribution is 5.81. The fourth-order valence-electron chi connectivity index (χ4n) is 2.05. The zero-order valence-corrected chi connectivity index (χ0v) is 13.0. The van der Waals surface area contributed by atoms with Crippen LogP contribution in [-0.4, -0.2) is 19.1 Å². The summed E-state index contributed by atoms with van der Waals surface area (Å²) >= 11 is 0. The number of amides is 1. The van der Waals surface area contributed by atoms with E-state index in [4.69, 9.17) is 4.74 Å². The molecule has 0 bridgehead atoms. The van der Waals surface area contributed by atoms with Gasteiger partial charge in [-0.15, -0.1) is 0 Å². The molecule has 1 atom stereocenters. The molecule has 0 aromatic heterocycles. The van der Waals surface area contributed by atoms with Gasteiger partial charge in [-0.1, -0.05) is 42.5 Å². The van der Waals surface area contributed by atoms with Crippen LogP contribution in [0, 0.1) is 0 Å². The Morgan fingerprint density at radius 2 is 1.64 bits per heavy atom. The quantitative estimate of drug-likeness (QED) is 0.825. The lowest BCUT2D eigenvalue weighted by Gasteiger charge is -2.14. The molecule has 2 N–H and O–H groups in total. The number of ether oxygens (including phenoxy) is 1. The molecule has 0 aliphatic carbocycles. The van der Waals surface area contributed by atoms with Crippen molar-refractivity contribution in [2.45, 2.75) is 26.1 Å². The molecule has 2 aromatic rings. The fraction of sp³-hybridized carbons (Fsp3) is 0.278. The van der Waals surface area contributed by atoms with Gasteiger partial charge in [0.2, 0.25) is 5.91 Å². The predicted molar refractivity (Wildman–Crippen MR) is 87.6 cm³/mol. The van der Waals surface area contributed by atoms with Crippen LogP contribution >= 0.6 is 0 Å². The summed E-state index contributed by atoms with van der Waals surface area (Å²) in [7, 11) is 1.65. The predicted octanol–water partition coefficient (Wildman–Crippen LogP) is 2.49. The van der Waals surface area contributed by atoms with Crippen molar-refractivity contribution in [3.8, 4) is 5.75 Å². The van der Waals surface area contributed by atoms with Gasteiger partial charge >= 0.3 is 0 Å². The van der Waals surface area contributed by atoms with E-state index in [1.54, 1.807) is 7.11 Å². The first kappa shape index (κ1) is 16.0. The SMILES string of the molecule is COc1ccc(CN[C@H](C)C(=O)NCc2ccccc2)cc1. The zero-order chi connectivity index (χ0) is 15.8. The highest BCUT2D eigenvalue weighted by atomic mass is 16.5. The van der Waals surface area contributed by atoms with E-state index in [1.165, 1.54) is 0 Å². The third-order valence-electron chi connectivity index (χ3n) is 3.47. The Balaban J connectivity index is 1.76. The number of carbonyl (C=O) groups is 1. The van der Waals surface area contributed by atoms with Gasteiger partial charge < -0.3 is 15.4 Å². The molecule has 1 amide bonds. The van der Waals surface area contributed by atoms with Crippen LogP contribution in [0.1, 0.15) is 18.1 Å². The zero-order valence-electron chi connectivity index (χ0n) is 13.0. The summed E-state index contributed by atoms with van der Waals surface area (Å²) < 4.78 is 5.12. The first-order chi connectivity index (χ1) is 10.7. The number of rotatable bonds is 7. The molecule has 0 spiro atoms. The van der Waals surface area contributed by atoms with Crippen molar-refractivity contribution in [1.29, 1.82) is 0 Å². The second kappa shape index (κ2) is 8.20. The van der Waals surface area contributed by atoms with Crippen LogP contribution in [0.5, 0.6) is 5.75 Å². The topological polar surface area (TPSA) is 50.4 Å². The maximum Gasteiger partial charge on any atom is 0.237 e. The number of hydrogen-bond acceptors (Lipinski definition) is 3. The largest absolute Gasteiger partial charge is 0.497 e. The van der Waals surface area contributed by atoms with E-state index >= 15 is 0 Å². The van der Waals surface area contributed by atoms with Crippen LogP contribution < -0.4 is 15.4 Å². The smallest absolute Gasteiger partial charge is 0.237 e. The molecule has 4 nitrogen and oxygen atoms in total. The van der Waals surface area contributed by atoms with Crippen LogP contribution in [0.25, 0.3) is 0 Å². The molecule has 0 aliphatic heterocycles. The average Bonchev–Trinajstić information content (AvgIpc) is 2.58. The summed E-state index contributed by atoms with van der Waals surface area (Å²) in [6.07, 6.45) is 0. The van der Waals surface area contributed by atoms with Gasteiger partial charge in [-0.25, -0.2) is 0 Å². The molecule has 116 valence electrons. The van der Waals surface area contributed by atoms with Crippen molar-refractivity contribution in [3.63, 3.8) is 0 Å². The minimum Gasteiger partial charge on any atom is -0.497 e. The minimum absolute atomic E-state index is 0.00244. The first-order valence-electron chi connectivity index (χ1n) is 7.37. The Hall–Kier alpha value is -2.33. The molecular formula is C18H22N2O2. The standard InChI is InChI=1S/C18H22N2O2/c1-14(18(21)20-13-15-6-4-3-5-7-15)19-12-16-8-10-17(22-2)11-9-16/h3-11,14,19H,12-13H2,1-2H3,(H,20,21)/t14-/m1/s1. The lowest BCUT2D eigenvalue weighted by Crippen LogP contribution is -2.41. The van der Waals surface area contributed by atoms with Crippen molar-refractivity contribution in [2.75, 3.05) is 7.11 Å². The molecule has 0 aliphatic rings. The molecule has 0 fully saturated rings. The lowest BCUT2D eigenvalue weighted by atomic mass is 10.2. The molecule has 0 radical (unpaired) electrons. The fourth-order valence-corrected chi connectivity index (χ4v) is 2.05. The number of nitrogens with one attached hydrogen (secondary N) is 2. The van der Waals surface area contributed by atoms with Crippen LogP contribution in [-0.2, 0) is 17.9 Å². The molecule has 0 unspecified atom stereocenters. The summed E-state index contributed by atoms with van der Waals surface area (Å²) in [6, 6.07) is 17.4. The van der Waals surface area contributed by atoms with Gasteiger partial charge in [-0.2, -0.15) is 0 Å². The number of carbonyl (C=O) groups excluding carboxylic acids is 1. The second-order valence-electron chi connectivity index (χ2n) is 5.15. The van der Waals surface area contributed by atoms with Crippen LogP contribution in [0.15, 0.2) is 54.6 Å². The molecule has 0 saturated heterocycles. The van der Waals surface area contributed by atoms with E-state index < -0.39 is 0 Å². The third kappa shape index (κ3) is 4.90. The summed E-state index contributed by atoms with van der Waals surface area (Å²) in [4.78, 5) is 12.0. The van der Waals surface area contributed by atoms with Crippen LogP contribution in [0.3, 0.4) is 0 Å². The Morgan fingerprint density at radius 3 is 2.27 bits per heavy atom. The van der Waals surface area contributed by atoms with E-state index in [0.29, 0.717) is 13.1 Å². The Bertz CT molecular complexity index is 582. The summed E-state index contributed by atoms with van der Waals surface area (Å²) in [6.45, 7) is 3.06. The first-order valence-corrected chi connectivity index (χ1v) is 7.37. The molecule has 0 saturated carbocycles. The van der Waals surface area contributed by atoms with Gasteiger partial charge in [0.25, 0.3) is 0 Å². The van der Waals surface area contributed by atoms with Gasteiger partial charge in [0.1, 0.15) is 5.75 Å². The van der Waals surface area contributed by atoms with Crippen molar-refractivity contribution in [2.24, 2.45) is 0 Å². The van der Waals surface area contributed by atoms with Crippen molar-refractivity contribution < 1.29 is 9.53 Å². The Kier molecular flexibility index (Phi) is 5.98. The lowest BCUT2D eigenvalue weighted by molar-refractivity contribution is -0.122. The molecule has 2 aromatic carbocycles. The van der Waals surface area contributed by atoms with E-state index in [0.717, 1.165) is 16.9 Å². The summed E-state index contributed by atoms with van der Waals surface area (Å²) in [5.41, 5.74) is 2.21. The Morgan fingerprint density at radius 1 is 1.00 bits per heavy atom. The van der Waals surface area contributed by atoms with Crippen LogP contribution in [0.2, 0.25) is 0 Å². The van der Waals surface area contributed by atoms with Gasteiger partial charge in [0.05, 0.1) is 13.2 Å². The van der Waals surface area contributed by atoms with Gasteiger partial charge in [-0.3, -0.25) is 4.79 Å². The van der Waals surface area contributed by atoms with Crippen molar-refractivity contribution in [3.05, 3.63) is 65.7 Å². The molecule has 0 heterocycles. The second-order valence-corrected chi connectivity index (χ2v) is 5.15. The van der Waals surface area contributed by atoms with E-state index in [-0.39, 0.29) is 11.9 Å². The molecule has 4 heteroatoms. The normalized spacial score (nSPS) is 11.7. The maximum atomic E-state index is 12.0. The molecule has 22 heavy (non-hydrogen) atoms. The maximum absolute atomic E-state index is 12.0. The molecular weight excluding hydrogens is 276 g/mol. The van der Waals surface area contributed by atoms with Gasteiger partial charge in [-0.05, 0) is 30.2 Å². The summed E-state index contributed by atoms with van der Waals surface area (Å²) in [5, 5.41) is 6.15. The monoisotopic (exact) mass is 298 g/mol. The van der Waals surface area contributed by atoms with Gasteiger partial charge in [0, 0.05) is 13.1 Å².